The molecule has 0 radical (unpaired) electrons. The van der Waals surface area contributed by atoms with Crippen molar-refractivity contribution in [3.05, 3.63) is 59.2 Å². The summed E-state index contributed by atoms with van der Waals surface area (Å²) >= 11 is 4.84. The maximum Gasteiger partial charge on any atom is 0.135 e. The van der Waals surface area contributed by atoms with Crippen LogP contribution >= 0.6 is 12.2 Å². The standard InChI is InChI=1S/C14H12F2N2S/c1-8-9(15)4-2-6-11(8)18-12-7-3-5-10(16)13(12)14(17)19/h2-7,18H,1H3,(H2,17,19). The first-order valence-corrected chi connectivity index (χ1v) is 6.02. The van der Waals surface area contributed by atoms with E-state index in [1.54, 1.807) is 25.1 Å². The fourth-order valence-electron chi connectivity index (χ4n) is 1.77. The zero-order valence-electron chi connectivity index (χ0n) is 10.2. The third-order valence-corrected chi connectivity index (χ3v) is 3.00. The highest BCUT2D eigenvalue weighted by molar-refractivity contribution is 7.80. The summed E-state index contributed by atoms with van der Waals surface area (Å²) in [5, 5.41) is 2.96. The van der Waals surface area contributed by atoms with Gasteiger partial charge in [-0.25, -0.2) is 8.78 Å². The minimum atomic E-state index is -0.508. The van der Waals surface area contributed by atoms with Crippen LogP contribution in [0.15, 0.2) is 36.4 Å². The molecule has 3 N–H and O–H groups in total. The summed E-state index contributed by atoms with van der Waals surface area (Å²) in [7, 11) is 0. The lowest BCUT2D eigenvalue weighted by Crippen LogP contribution is -2.14. The summed E-state index contributed by atoms with van der Waals surface area (Å²) in [6.07, 6.45) is 0. The van der Waals surface area contributed by atoms with Gasteiger partial charge in [0.25, 0.3) is 0 Å². The summed E-state index contributed by atoms with van der Waals surface area (Å²) < 4.78 is 27.2. The van der Waals surface area contributed by atoms with Crippen molar-refractivity contribution < 1.29 is 8.78 Å². The summed E-state index contributed by atoms with van der Waals surface area (Å²) in [5.41, 5.74) is 7.05. The molecule has 0 amide bonds. The van der Waals surface area contributed by atoms with E-state index < -0.39 is 5.82 Å². The molecular formula is C14H12F2N2S. The highest BCUT2D eigenvalue weighted by atomic mass is 32.1. The first-order valence-electron chi connectivity index (χ1n) is 5.61. The summed E-state index contributed by atoms with van der Waals surface area (Å²) in [6, 6.07) is 9.09. The van der Waals surface area contributed by atoms with Crippen molar-refractivity contribution in [3.63, 3.8) is 0 Å². The average Bonchev–Trinajstić information content (AvgIpc) is 2.34. The maximum atomic E-state index is 13.7. The van der Waals surface area contributed by atoms with E-state index in [1.807, 2.05) is 0 Å². The maximum absolute atomic E-state index is 13.7. The molecule has 0 heterocycles. The van der Waals surface area contributed by atoms with E-state index in [4.69, 9.17) is 18.0 Å². The third kappa shape index (κ3) is 2.71. The van der Waals surface area contributed by atoms with Gasteiger partial charge in [-0.15, -0.1) is 0 Å². The van der Waals surface area contributed by atoms with E-state index in [1.165, 1.54) is 18.2 Å². The molecule has 19 heavy (non-hydrogen) atoms. The molecule has 2 aromatic carbocycles. The Labute approximate surface area is 115 Å². The largest absolute Gasteiger partial charge is 0.389 e. The van der Waals surface area contributed by atoms with Crippen LogP contribution in [0.1, 0.15) is 11.1 Å². The van der Waals surface area contributed by atoms with Gasteiger partial charge in [-0.2, -0.15) is 0 Å². The van der Waals surface area contributed by atoms with Crippen LogP contribution in [0.3, 0.4) is 0 Å². The Morgan fingerprint density at radius 2 is 1.63 bits per heavy atom. The van der Waals surface area contributed by atoms with Crippen molar-refractivity contribution in [2.24, 2.45) is 5.73 Å². The van der Waals surface area contributed by atoms with Gasteiger partial charge in [0.2, 0.25) is 0 Å². The number of nitrogens with two attached hydrogens (primary N) is 1. The van der Waals surface area contributed by atoms with Crippen LogP contribution in [-0.2, 0) is 0 Å². The zero-order chi connectivity index (χ0) is 14.0. The van der Waals surface area contributed by atoms with E-state index in [-0.39, 0.29) is 16.4 Å². The Bertz CT molecular complexity index is 641. The van der Waals surface area contributed by atoms with Gasteiger partial charge in [-0.1, -0.05) is 24.4 Å². The van der Waals surface area contributed by atoms with Gasteiger partial charge in [0.1, 0.15) is 16.6 Å². The monoisotopic (exact) mass is 278 g/mol. The van der Waals surface area contributed by atoms with Gasteiger partial charge < -0.3 is 11.1 Å². The van der Waals surface area contributed by atoms with E-state index in [2.05, 4.69) is 5.32 Å². The normalized spacial score (nSPS) is 10.3. The van der Waals surface area contributed by atoms with Gasteiger partial charge in [0.05, 0.1) is 11.3 Å². The van der Waals surface area contributed by atoms with E-state index in [0.29, 0.717) is 16.9 Å². The molecule has 0 spiro atoms. The number of halogens is 2. The number of anilines is 2. The first-order chi connectivity index (χ1) is 9.00. The smallest absolute Gasteiger partial charge is 0.135 e. The summed E-state index contributed by atoms with van der Waals surface area (Å²) in [6.45, 7) is 1.64. The Balaban J connectivity index is 2.47. The van der Waals surface area contributed by atoms with E-state index in [0.717, 1.165) is 0 Å². The molecular weight excluding hydrogens is 266 g/mol. The zero-order valence-corrected chi connectivity index (χ0v) is 11.0. The van der Waals surface area contributed by atoms with Crippen LogP contribution in [0, 0.1) is 18.6 Å². The highest BCUT2D eigenvalue weighted by Gasteiger charge is 2.12. The quantitative estimate of drug-likeness (QED) is 0.842. The van der Waals surface area contributed by atoms with Crippen molar-refractivity contribution in [2.45, 2.75) is 6.92 Å². The summed E-state index contributed by atoms with van der Waals surface area (Å²) in [4.78, 5) is -0.0466. The second-order valence-corrected chi connectivity index (χ2v) is 4.50. The van der Waals surface area contributed by atoms with Gasteiger partial charge in [-0.05, 0) is 31.2 Å². The van der Waals surface area contributed by atoms with Crippen molar-refractivity contribution in [2.75, 3.05) is 5.32 Å². The topological polar surface area (TPSA) is 38.0 Å². The van der Waals surface area contributed by atoms with Crippen molar-refractivity contribution in [1.29, 1.82) is 0 Å². The molecule has 5 heteroatoms. The Morgan fingerprint density at radius 1 is 1.05 bits per heavy atom. The van der Waals surface area contributed by atoms with Gasteiger partial charge in [-0.3, -0.25) is 0 Å². The minimum absolute atomic E-state index is 0.0466. The molecule has 2 aromatic rings. The number of hydrogen-bond donors (Lipinski definition) is 2. The highest BCUT2D eigenvalue weighted by Crippen LogP contribution is 2.26. The van der Waals surface area contributed by atoms with Crippen LogP contribution in [0.5, 0.6) is 0 Å². The average molecular weight is 278 g/mol. The Kier molecular flexibility index (Phi) is 3.76. The van der Waals surface area contributed by atoms with Crippen LogP contribution in [-0.4, -0.2) is 4.99 Å². The van der Waals surface area contributed by atoms with E-state index in [9.17, 15) is 8.78 Å². The van der Waals surface area contributed by atoms with Crippen LogP contribution in [0.2, 0.25) is 0 Å². The van der Waals surface area contributed by atoms with Crippen LogP contribution in [0.25, 0.3) is 0 Å². The Morgan fingerprint density at radius 3 is 2.26 bits per heavy atom. The molecule has 0 aromatic heterocycles. The predicted molar refractivity (Wildman–Crippen MR) is 76.7 cm³/mol. The van der Waals surface area contributed by atoms with Crippen LogP contribution < -0.4 is 11.1 Å². The van der Waals surface area contributed by atoms with Gasteiger partial charge in [0.15, 0.2) is 0 Å². The molecule has 0 aliphatic carbocycles. The molecule has 0 fully saturated rings. The molecule has 0 bridgehead atoms. The lowest BCUT2D eigenvalue weighted by atomic mass is 10.1. The van der Waals surface area contributed by atoms with Crippen molar-refractivity contribution >= 4 is 28.6 Å². The lowest BCUT2D eigenvalue weighted by Gasteiger charge is -2.14. The lowest BCUT2D eigenvalue weighted by molar-refractivity contribution is 0.619. The third-order valence-electron chi connectivity index (χ3n) is 2.80. The first kappa shape index (κ1) is 13.4. The fraction of sp³-hybridized carbons (Fsp3) is 0.0714. The van der Waals surface area contributed by atoms with Crippen molar-refractivity contribution in [3.8, 4) is 0 Å². The second-order valence-electron chi connectivity index (χ2n) is 4.06. The number of nitrogens with one attached hydrogen (secondary N) is 1. The van der Waals surface area contributed by atoms with Crippen LogP contribution in [0.4, 0.5) is 20.2 Å². The molecule has 0 saturated heterocycles. The Hall–Kier alpha value is -2.01. The summed E-state index contributed by atoms with van der Waals surface area (Å²) in [5.74, 6) is -0.843. The number of thiocarbonyl (C=S) groups is 1. The van der Waals surface area contributed by atoms with Crippen molar-refractivity contribution in [1.82, 2.24) is 0 Å². The predicted octanol–water partition coefficient (Wildman–Crippen LogP) is 3.65. The number of rotatable bonds is 3. The second kappa shape index (κ2) is 5.32. The van der Waals surface area contributed by atoms with E-state index >= 15 is 0 Å². The molecule has 0 aliphatic heterocycles. The minimum Gasteiger partial charge on any atom is -0.389 e. The molecule has 0 unspecified atom stereocenters. The molecule has 2 rings (SSSR count). The number of hydrogen-bond acceptors (Lipinski definition) is 2. The SMILES string of the molecule is Cc1c(F)cccc1Nc1cccc(F)c1C(N)=S. The molecule has 0 saturated carbocycles. The number of benzene rings is 2. The molecule has 2 nitrogen and oxygen atoms in total. The van der Waals surface area contributed by atoms with Gasteiger partial charge >= 0.3 is 0 Å². The fourth-order valence-corrected chi connectivity index (χ4v) is 1.97. The molecule has 0 atom stereocenters. The molecule has 0 aliphatic rings. The molecule has 98 valence electrons. The van der Waals surface area contributed by atoms with Gasteiger partial charge in [0, 0.05) is 11.3 Å².